The van der Waals surface area contributed by atoms with Crippen LogP contribution in [0, 0.1) is 5.92 Å². The normalized spacial score (nSPS) is 20.3. The van der Waals surface area contributed by atoms with Crippen LogP contribution in [0.15, 0.2) is 24.3 Å². The van der Waals surface area contributed by atoms with Gasteiger partial charge in [-0.3, -0.25) is 14.5 Å². The number of nitrogens with one attached hydrogen (secondary N) is 2. The SMILES string of the molecule is COc1ccc([C@@]2(C)NC(=O)N(CC(=O)N[C@H](C)CCCC(C)C)C2=O)cc1. The summed E-state index contributed by atoms with van der Waals surface area (Å²) >= 11 is 0. The number of ether oxygens (including phenoxy) is 1. The average Bonchev–Trinajstić information content (AvgIpc) is 2.85. The Kier molecular flexibility index (Phi) is 7.05. The van der Waals surface area contributed by atoms with Gasteiger partial charge in [0.05, 0.1) is 7.11 Å². The Balaban J connectivity index is 1.98. The summed E-state index contributed by atoms with van der Waals surface area (Å²) in [6.07, 6.45) is 3.00. The van der Waals surface area contributed by atoms with E-state index in [1.165, 1.54) is 0 Å². The summed E-state index contributed by atoms with van der Waals surface area (Å²) < 4.78 is 5.13. The predicted octanol–water partition coefficient (Wildman–Crippen LogP) is 2.79. The predicted molar refractivity (Wildman–Crippen MR) is 107 cm³/mol. The highest BCUT2D eigenvalue weighted by Gasteiger charge is 2.49. The number of imide groups is 1. The monoisotopic (exact) mass is 389 g/mol. The van der Waals surface area contributed by atoms with Crippen molar-refractivity contribution in [3.05, 3.63) is 29.8 Å². The highest BCUT2D eigenvalue weighted by atomic mass is 16.5. The molecule has 1 fully saturated rings. The first-order valence-electron chi connectivity index (χ1n) is 9.75. The second kappa shape index (κ2) is 9.08. The molecule has 4 amide bonds. The first-order chi connectivity index (χ1) is 13.2. The molecule has 2 N–H and O–H groups in total. The van der Waals surface area contributed by atoms with Crippen LogP contribution >= 0.6 is 0 Å². The molecule has 1 aromatic carbocycles. The molecule has 2 rings (SSSR count). The first-order valence-corrected chi connectivity index (χ1v) is 9.75. The summed E-state index contributed by atoms with van der Waals surface area (Å²) in [5, 5.41) is 5.58. The van der Waals surface area contributed by atoms with Crippen molar-refractivity contribution in [1.29, 1.82) is 0 Å². The second-order valence-corrected chi connectivity index (χ2v) is 7.97. The second-order valence-electron chi connectivity index (χ2n) is 7.97. The third-order valence-electron chi connectivity index (χ3n) is 5.07. The molecule has 2 atom stereocenters. The molecule has 0 radical (unpaired) electrons. The first kappa shape index (κ1) is 21.7. The van der Waals surface area contributed by atoms with Crippen molar-refractivity contribution in [3.63, 3.8) is 0 Å². The van der Waals surface area contributed by atoms with Crippen molar-refractivity contribution in [2.75, 3.05) is 13.7 Å². The Morgan fingerprint density at radius 2 is 1.82 bits per heavy atom. The zero-order chi connectivity index (χ0) is 20.9. The van der Waals surface area contributed by atoms with Crippen molar-refractivity contribution >= 4 is 17.8 Å². The Morgan fingerprint density at radius 3 is 2.39 bits per heavy atom. The lowest BCUT2D eigenvalue weighted by molar-refractivity contribution is -0.135. The van der Waals surface area contributed by atoms with Crippen molar-refractivity contribution in [2.24, 2.45) is 5.92 Å². The van der Waals surface area contributed by atoms with Crippen LogP contribution in [0.2, 0.25) is 0 Å². The van der Waals surface area contributed by atoms with Gasteiger partial charge >= 0.3 is 6.03 Å². The van der Waals surface area contributed by atoms with Crippen LogP contribution in [0.3, 0.4) is 0 Å². The number of amides is 4. The lowest BCUT2D eigenvalue weighted by Gasteiger charge is -2.22. The van der Waals surface area contributed by atoms with E-state index in [1.54, 1.807) is 38.3 Å². The van der Waals surface area contributed by atoms with Gasteiger partial charge in [0.15, 0.2) is 0 Å². The largest absolute Gasteiger partial charge is 0.497 e. The van der Waals surface area contributed by atoms with Gasteiger partial charge in [0, 0.05) is 6.04 Å². The summed E-state index contributed by atoms with van der Waals surface area (Å²) in [4.78, 5) is 38.5. The molecule has 0 bridgehead atoms. The molecule has 0 unspecified atom stereocenters. The number of rotatable bonds is 9. The topological polar surface area (TPSA) is 87.7 Å². The van der Waals surface area contributed by atoms with E-state index in [2.05, 4.69) is 24.5 Å². The van der Waals surface area contributed by atoms with Crippen molar-refractivity contribution in [1.82, 2.24) is 15.5 Å². The van der Waals surface area contributed by atoms with Crippen molar-refractivity contribution in [2.45, 2.75) is 58.5 Å². The molecule has 1 aliphatic heterocycles. The molecule has 1 saturated heterocycles. The summed E-state index contributed by atoms with van der Waals surface area (Å²) in [6.45, 7) is 7.62. The van der Waals surface area contributed by atoms with Gasteiger partial charge < -0.3 is 15.4 Å². The maximum atomic E-state index is 12.9. The van der Waals surface area contributed by atoms with Crippen LogP contribution in [-0.4, -0.2) is 42.4 Å². The molecular formula is C21H31N3O4. The fourth-order valence-electron chi connectivity index (χ4n) is 3.33. The Morgan fingerprint density at radius 1 is 1.18 bits per heavy atom. The molecular weight excluding hydrogens is 358 g/mol. The number of hydrogen-bond donors (Lipinski definition) is 2. The van der Waals surface area contributed by atoms with Crippen LogP contribution in [0.4, 0.5) is 4.79 Å². The number of benzene rings is 1. The molecule has 0 saturated carbocycles. The van der Waals surface area contributed by atoms with Crippen LogP contribution < -0.4 is 15.4 Å². The van der Waals surface area contributed by atoms with Gasteiger partial charge in [-0.05, 0) is 43.9 Å². The van der Waals surface area contributed by atoms with E-state index in [0.717, 1.165) is 24.2 Å². The molecule has 0 spiro atoms. The van der Waals surface area contributed by atoms with E-state index in [9.17, 15) is 14.4 Å². The zero-order valence-electron chi connectivity index (χ0n) is 17.4. The van der Waals surface area contributed by atoms with Crippen LogP contribution in [-0.2, 0) is 15.1 Å². The van der Waals surface area contributed by atoms with Gasteiger partial charge in [0.25, 0.3) is 5.91 Å². The maximum Gasteiger partial charge on any atom is 0.325 e. The minimum absolute atomic E-state index is 0.0000109. The van der Waals surface area contributed by atoms with Crippen LogP contribution in [0.1, 0.15) is 52.5 Å². The van der Waals surface area contributed by atoms with Crippen LogP contribution in [0.25, 0.3) is 0 Å². The molecule has 0 aliphatic carbocycles. The van der Waals surface area contributed by atoms with Crippen molar-refractivity contribution in [3.8, 4) is 5.75 Å². The molecule has 1 heterocycles. The van der Waals surface area contributed by atoms with Gasteiger partial charge in [-0.2, -0.15) is 0 Å². The highest BCUT2D eigenvalue weighted by Crippen LogP contribution is 2.29. The Bertz CT molecular complexity index is 717. The molecule has 154 valence electrons. The third kappa shape index (κ3) is 5.03. The average molecular weight is 389 g/mol. The lowest BCUT2D eigenvalue weighted by Crippen LogP contribution is -2.45. The smallest absolute Gasteiger partial charge is 0.325 e. The maximum absolute atomic E-state index is 12.9. The molecule has 0 aromatic heterocycles. The van der Waals surface area contributed by atoms with Gasteiger partial charge in [-0.1, -0.05) is 38.8 Å². The van der Waals surface area contributed by atoms with E-state index >= 15 is 0 Å². The summed E-state index contributed by atoms with van der Waals surface area (Å²) in [5.41, 5.74) is -0.566. The summed E-state index contributed by atoms with van der Waals surface area (Å²) in [7, 11) is 1.56. The van der Waals surface area contributed by atoms with E-state index in [1.807, 2.05) is 6.92 Å². The minimum Gasteiger partial charge on any atom is -0.497 e. The molecule has 1 aromatic rings. The molecule has 7 nitrogen and oxygen atoms in total. The van der Waals surface area contributed by atoms with E-state index in [0.29, 0.717) is 17.2 Å². The minimum atomic E-state index is -1.20. The number of carbonyl (C=O) groups is 3. The number of urea groups is 1. The number of hydrogen-bond acceptors (Lipinski definition) is 4. The Labute approximate surface area is 166 Å². The zero-order valence-corrected chi connectivity index (χ0v) is 17.4. The summed E-state index contributed by atoms with van der Waals surface area (Å²) in [5.74, 6) is 0.515. The Hall–Kier alpha value is -2.57. The van der Waals surface area contributed by atoms with Crippen molar-refractivity contribution < 1.29 is 19.1 Å². The van der Waals surface area contributed by atoms with E-state index in [4.69, 9.17) is 4.74 Å². The highest BCUT2D eigenvalue weighted by molar-refractivity contribution is 6.09. The van der Waals surface area contributed by atoms with E-state index in [-0.39, 0.29) is 18.5 Å². The standard InChI is InChI=1S/C21H31N3O4/c1-14(2)7-6-8-15(3)22-18(25)13-24-19(26)21(4,23-20(24)27)16-9-11-17(28-5)12-10-16/h9-12,14-15H,6-8,13H2,1-5H3,(H,22,25)(H,23,27)/t15-,21-/m1/s1. The van der Waals surface area contributed by atoms with Gasteiger partial charge in [0.1, 0.15) is 17.8 Å². The van der Waals surface area contributed by atoms with Gasteiger partial charge in [-0.25, -0.2) is 4.79 Å². The lowest BCUT2D eigenvalue weighted by atomic mass is 9.92. The summed E-state index contributed by atoms with van der Waals surface area (Å²) in [6, 6.07) is 6.36. The quantitative estimate of drug-likeness (QED) is 0.636. The fourth-order valence-corrected chi connectivity index (χ4v) is 3.33. The van der Waals surface area contributed by atoms with Gasteiger partial charge in [0.2, 0.25) is 5.91 Å². The fraction of sp³-hybridized carbons (Fsp3) is 0.571. The third-order valence-corrected chi connectivity index (χ3v) is 5.07. The molecule has 7 heteroatoms. The number of carbonyl (C=O) groups excluding carboxylic acids is 3. The number of methoxy groups -OCH3 is 1. The molecule has 28 heavy (non-hydrogen) atoms. The number of nitrogens with zero attached hydrogens (tertiary/aromatic N) is 1. The van der Waals surface area contributed by atoms with Crippen LogP contribution in [0.5, 0.6) is 5.75 Å². The van der Waals surface area contributed by atoms with Gasteiger partial charge in [-0.15, -0.1) is 0 Å². The molecule has 1 aliphatic rings. The van der Waals surface area contributed by atoms with E-state index < -0.39 is 17.5 Å².